The van der Waals surface area contributed by atoms with Crippen molar-refractivity contribution in [1.29, 1.82) is 10.5 Å². The van der Waals surface area contributed by atoms with Crippen LogP contribution in [0.3, 0.4) is 0 Å². The molecule has 0 aliphatic rings. The van der Waals surface area contributed by atoms with Crippen molar-refractivity contribution in [3.05, 3.63) is 35.2 Å². The van der Waals surface area contributed by atoms with E-state index in [2.05, 4.69) is 4.99 Å². The maximum Gasteiger partial charge on any atom is 0.174 e. The third-order valence-electron chi connectivity index (χ3n) is 1.82. The summed E-state index contributed by atoms with van der Waals surface area (Å²) in [5, 5.41) is 35.4. The molecular formula is C11H8N4O2. The van der Waals surface area contributed by atoms with Crippen LogP contribution in [0.25, 0.3) is 0 Å². The molecule has 1 rings (SSSR count). The summed E-state index contributed by atoms with van der Waals surface area (Å²) in [5.74, 6) is -0.556. The Labute approximate surface area is 97.2 Å². The van der Waals surface area contributed by atoms with Crippen molar-refractivity contribution >= 4 is 6.21 Å². The molecule has 4 N–H and O–H groups in total. The number of benzene rings is 1. The van der Waals surface area contributed by atoms with E-state index in [1.165, 1.54) is 24.4 Å². The summed E-state index contributed by atoms with van der Waals surface area (Å²) >= 11 is 0. The van der Waals surface area contributed by atoms with E-state index in [0.29, 0.717) is 5.56 Å². The minimum atomic E-state index is -0.301. The smallest absolute Gasteiger partial charge is 0.174 e. The lowest BCUT2D eigenvalue weighted by Crippen LogP contribution is -1.97. The van der Waals surface area contributed by atoms with Gasteiger partial charge in [0.2, 0.25) is 0 Å². The van der Waals surface area contributed by atoms with E-state index in [9.17, 15) is 5.11 Å². The maximum absolute atomic E-state index is 9.21. The van der Waals surface area contributed by atoms with Crippen LogP contribution in [-0.2, 0) is 0 Å². The van der Waals surface area contributed by atoms with Gasteiger partial charge in [-0.2, -0.15) is 10.5 Å². The second-order valence-electron chi connectivity index (χ2n) is 2.99. The average molecular weight is 228 g/mol. The second-order valence-corrected chi connectivity index (χ2v) is 2.99. The number of phenols is 2. The van der Waals surface area contributed by atoms with Gasteiger partial charge in [-0.25, -0.2) is 4.99 Å². The minimum absolute atomic E-state index is 0.208. The molecule has 0 heterocycles. The molecule has 1 aromatic rings. The molecule has 0 unspecified atom stereocenters. The molecule has 0 saturated carbocycles. The number of nitriles is 2. The molecule has 0 aliphatic carbocycles. The highest BCUT2D eigenvalue weighted by molar-refractivity contribution is 5.82. The Bertz CT molecular complexity index is 576. The average Bonchev–Trinajstić information content (AvgIpc) is 2.33. The van der Waals surface area contributed by atoms with Gasteiger partial charge in [0.25, 0.3) is 0 Å². The highest BCUT2D eigenvalue weighted by Gasteiger charge is 2.01. The van der Waals surface area contributed by atoms with Crippen molar-refractivity contribution < 1.29 is 10.2 Å². The Morgan fingerprint density at radius 1 is 1.24 bits per heavy atom. The summed E-state index contributed by atoms with van der Waals surface area (Å²) in [6, 6.07) is 7.30. The summed E-state index contributed by atoms with van der Waals surface area (Å²) in [5.41, 5.74) is 5.20. The number of rotatable bonds is 2. The standard InChI is InChI=1S/C11H8N4O2/c12-4-8(14)9(5-13)15-6-7-1-2-10(16)11(17)3-7/h1-3,6,16-17H,14H2/b9-8-,15-6?. The Kier molecular flexibility index (Phi) is 3.69. The number of phenolic OH excluding ortho intramolecular Hbond substituents is 2. The zero-order chi connectivity index (χ0) is 12.8. The van der Waals surface area contributed by atoms with E-state index in [4.69, 9.17) is 21.4 Å². The van der Waals surface area contributed by atoms with Crippen LogP contribution < -0.4 is 5.73 Å². The molecule has 84 valence electrons. The lowest BCUT2D eigenvalue weighted by Gasteiger charge is -1.97. The third-order valence-corrected chi connectivity index (χ3v) is 1.82. The summed E-state index contributed by atoms with van der Waals surface area (Å²) < 4.78 is 0. The molecule has 17 heavy (non-hydrogen) atoms. The fraction of sp³-hybridized carbons (Fsp3) is 0. The Balaban J connectivity index is 3.04. The van der Waals surface area contributed by atoms with E-state index in [-0.39, 0.29) is 22.9 Å². The van der Waals surface area contributed by atoms with Crippen molar-refractivity contribution in [1.82, 2.24) is 0 Å². The van der Waals surface area contributed by atoms with Crippen LogP contribution in [0.1, 0.15) is 5.56 Å². The predicted molar refractivity (Wildman–Crippen MR) is 59.8 cm³/mol. The van der Waals surface area contributed by atoms with Gasteiger partial charge in [0.05, 0.1) is 0 Å². The minimum Gasteiger partial charge on any atom is -0.504 e. The van der Waals surface area contributed by atoms with Crippen LogP contribution in [0.5, 0.6) is 11.5 Å². The van der Waals surface area contributed by atoms with E-state index < -0.39 is 0 Å². The zero-order valence-electron chi connectivity index (χ0n) is 8.62. The van der Waals surface area contributed by atoms with Gasteiger partial charge in [-0.15, -0.1) is 0 Å². The van der Waals surface area contributed by atoms with Gasteiger partial charge in [0.1, 0.15) is 17.8 Å². The Morgan fingerprint density at radius 3 is 2.47 bits per heavy atom. The van der Waals surface area contributed by atoms with Crippen LogP contribution >= 0.6 is 0 Å². The molecule has 6 heteroatoms. The number of aliphatic imine (C=N–C) groups is 1. The second kappa shape index (κ2) is 5.19. The first-order valence-electron chi connectivity index (χ1n) is 4.44. The van der Waals surface area contributed by atoms with Gasteiger partial charge >= 0.3 is 0 Å². The molecular weight excluding hydrogens is 220 g/mol. The number of aromatic hydroxyl groups is 2. The highest BCUT2D eigenvalue weighted by atomic mass is 16.3. The number of nitrogens with two attached hydrogens (primary N) is 1. The van der Waals surface area contributed by atoms with Gasteiger partial charge < -0.3 is 15.9 Å². The van der Waals surface area contributed by atoms with Crippen LogP contribution in [0.2, 0.25) is 0 Å². The molecule has 0 aromatic heterocycles. The molecule has 0 bridgehead atoms. The van der Waals surface area contributed by atoms with Crippen molar-refractivity contribution in [3.63, 3.8) is 0 Å². The fourth-order valence-electron chi connectivity index (χ4n) is 0.971. The van der Waals surface area contributed by atoms with Crippen LogP contribution in [0, 0.1) is 22.7 Å². The topological polar surface area (TPSA) is 126 Å². The normalized spacial score (nSPS) is 11.6. The predicted octanol–water partition coefficient (Wildman–Crippen LogP) is 0.734. The SMILES string of the molecule is N#C/C(N)=C(\C#N)N=Cc1ccc(O)c(O)c1. The Hall–Kier alpha value is -2.99. The quantitative estimate of drug-likeness (QED) is 0.390. The van der Waals surface area contributed by atoms with E-state index in [0.717, 1.165) is 0 Å². The fourth-order valence-corrected chi connectivity index (χ4v) is 0.971. The van der Waals surface area contributed by atoms with Crippen LogP contribution in [0.4, 0.5) is 0 Å². The lowest BCUT2D eigenvalue weighted by atomic mass is 10.2. The van der Waals surface area contributed by atoms with E-state index >= 15 is 0 Å². The highest BCUT2D eigenvalue weighted by Crippen LogP contribution is 2.24. The monoisotopic (exact) mass is 228 g/mol. The lowest BCUT2D eigenvalue weighted by molar-refractivity contribution is 0.403. The largest absolute Gasteiger partial charge is 0.504 e. The molecule has 6 nitrogen and oxygen atoms in total. The van der Waals surface area contributed by atoms with Gasteiger partial charge in [-0.1, -0.05) is 0 Å². The number of hydrogen-bond acceptors (Lipinski definition) is 6. The first-order valence-corrected chi connectivity index (χ1v) is 4.44. The first kappa shape index (κ1) is 12.1. The van der Waals surface area contributed by atoms with Gasteiger partial charge in [0, 0.05) is 6.21 Å². The van der Waals surface area contributed by atoms with Gasteiger partial charge in [0.15, 0.2) is 17.2 Å². The summed E-state index contributed by atoms with van der Waals surface area (Å²) in [4.78, 5) is 3.71. The van der Waals surface area contributed by atoms with Crippen LogP contribution in [0.15, 0.2) is 34.6 Å². The van der Waals surface area contributed by atoms with Gasteiger partial charge in [-0.3, -0.25) is 0 Å². The number of hydrogen-bond donors (Lipinski definition) is 3. The maximum atomic E-state index is 9.21. The van der Waals surface area contributed by atoms with Crippen molar-refractivity contribution in [2.24, 2.45) is 10.7 Å². The number of allylic oxidation sites excluding steroid dienone is 2. The van der Waals surface area contributed by atoms with Crippen LogP contribution in [-0.4, -0.2) is 16.4 Å². The first-order chi connectivity index (χ1) is 8.08. The van der Waals surface area contributed by atoms with Gasteiger partial charge in [-0.05, 0) is 23.8 Å². The molecule has 0 amide bonds. The van der Waals surface area contributed by atoms with Crippen molar-refractivity contribution in [3.8, 4) is 23.6 Å². The zero-order valence-corrected chi connectivity index (χ0v) is 8.62. The Morgan fingerprint density at radius 2 is 1.94 bits per heavy atom. The van der Waals surface area contributed by atoms with Crippen molar-refractivity contribution in [2.45, 2.75) is 0 Å². The molecule has 0 atom stereocenters. The molecule has 0 fully saturated rings. The molecule has 1 aromatic carbocycles. The molecule has 0 saturated heterocycles. The van der Waals surface area contributed by atoms with Crippen molar-refractivity contribution in [2.75, 3.05) is 0 Å². The van der Waals surface area contributed by atoms with E-state index in [1.807, 2.05) is 0 Å². The summed E-state index contributed by atoms with van der Waals surface area (Å²) in [6.07, 6.45) is 1.25. The summed E-state index contributed by atoms with van der Waals surface area (Å²) in [6.45, 7) is 0. The molecule has 0 radical (unpaired) electrons. The third kappa shape index (κ3) is 2.98. The molecule has 0 aliphatic heterocycles. The number of nitrogens with zero attached hydrogens (tertiary/aromatic N) is 3. The summed E-state index contributed by atoms with van der Waals surface area (Å²) in [7, 11) is 0. The molecule has 0 spiro atoms. The van der Waals surface area contributed by atoms with E-state index in [1.54, 1.807) is 12.1 Å².